The molecule has 0 radical (unpaired) electrons. The number of carbonyl (C=O) groups excluding carboxylic acids is 1. The zero-order chi connectivity index (χ0) is 20.3. The van der Waals surface area contributed by atoms with Gasteiger partial charge in [-0.15, -0.1) is 0 Å². The minimum absolute atomic E-state index is 0.149. The Kier molecular flexibility index (Phi) is 6.05. The second kappa shape index (κ2) is 8.32. The first kappa shape index (κ1) is 20.4. The number of amides is 2. The molecule has 1 atom stereocenters. The van der Waals surface area contributed by atoms with Crippen LogP contribution in [0.3, 0.4) is 0 Å². The van der Waals surface area contributed by atoms with E-state index in [-0.39, 0.29) is 17.0 Å². The van der Waals surface area contributed by atoms with Crippen LogP contribution in [-0.2, 0) is 16.4 Å². The maximum atomic E-state index is 12.9. The molecule has 1 saturated heterocycles. The number of rotatable bonds is 5. The molecular weight excluding hydrogens is 374 g/mol. The van der Waals surface area contributed by atoms with E-state index in [1.165, 1.54) is 30.0 Å². The molecule has 1 N–H and O–H groups in total. The summed E-state index contributed by atoms with van der Waals surface area (Å²) in [5, 5.41) is 2.92. The Morgan fingerprint density at radius 1 is 1.18 bits per heavy atom. The van der Waals surface area contributed by atoms with Gasteiger partial charge in [-0.3, -0.25) is 0 Å². The van der Waals surface area contributed by atoms with Crippen LogP contribution in [0.5, 0.6) is 0 Å². The molecule has 1 heterocycles. The van der Waals surface area contributed by atoms with Gasteiger partial charge in [0.05, 0.1) is 4.90 Å². The molecule has 2 aromatic rings. The van der Waals surface area contributed by atoms with E-state index in [0.717, 1.165) is 24.8 Å². The Balaban J connectivity index is 1.77. The number of benzene rings is 2. The average molecular weight is 402 g/mol. The van der Waals surface area contributed by atoms with Crippen molar-refractivity contribution < 1.29 is 13.2 Å². The highest BCUT2D eigenvalue weighted by atomic mass is 32.2. The third kappa shape index (κ3) is 4.36. The van der Waals surface area contributed by atoms with Crippen molar-refractivity contribution in [3.63, 3.8) is 0 Å². The highest BCUT2D eigenvalue weighted by Gasteiger charge is 2.29. The van der Waals surface area contributed by atoms with E-state index in [4.69, 9.17) is 0 Å². The lowest BCUT2D eigenvalue weighted by atomic mass is 10.0. The summed E-state index contributed by atoms with van der Waals surface area (Å²) in [6.45, 7) is 2.56. The molecule has 6 nitrogen and oxygen atoms in total. The maximum Gasteiger partial charge on any atom is 0.322 e. The maximum absolute atomic E-state index is 12.9. The van der Waals surface area contributed by atoms with Crippen LogP contribution in [0.1, 0.15) is 24.0 Å². The van der Waals surface area contributed by atoms with Crippen LogP contribution in [0.25, 0.3) is 0 Å². The van der Waals surface area contributed by atoms with Gasteiger partial charge in [-0.25, -0.2) is 17.5 Å². The van der Waals surface area contributed by atoms with Crippen LogP contribution in [0.4, 0.5) is 10.5 Å². The van der Waals surface area contributed by atoms with Crippen LogP contribution in [-0.4, -0.2) is 50.3 Å². The first-order valence-electron chi connectivity index (χ1n) is 9.44. The fraction of sp³-hybridized carbons (Fsp3) is 0.381. The number of hydrogen-bond acceptors (Lipinski definition) is 3. The third-order valence-electron chi connectivity index (χ3n) is 5.18. The molecule has 0 bridgehead atoms. The Labute approximate surface area is 167 Å². The van der Waals surface area contributed by atoms with E-state index in [9.17, 15) is 13.2 Å². The van der Waals surface area contributed by atoms with Gasteiger partial charge < -0.3 is 10.2 Å². The summed E-state index contributed by atoms with van der Waals surface area (Å²) in [6.07, 6.45) is 2.76. The number of sulfonamides is 1. The lowest BCUT2D eigenvalue weighted by molar-refractivity contribution is 0.206. The normalized spacial score (nSPS) is 17.1. The summed E-state index contributed by atoms with van der Waals surface area (Å²) in [5.74, 6) is 0. The van der Waals surface area contributed by atoms with E-state index in [1.807, 2.05) is 30.0 Å². The molecule has 3 rings (SSSR count). The Hall–Kier alpha value is -2.38. The smallest absolute Gasteiger partial charge is 0.321 e. The molecule has 2 aromatic carbocycles. The predicted octanol–water partition coefficient (Wildman–Crippen LogP) is 3.48. The van der Waals surface area contributed by atoms with E-state index in [2.05, 4.69) is 17.4 Å². The Morgan fingerprint density at radius 3 is 2.57 bits per heavy atom. The first-order valence-corrected chi connectivity index (χ1v) is 10.9. The fourth-order valence-electron chi connectivity index (χ4n) is 3.50. The SMILES string of the molecule is Cc1ccc(S(=O)(=O)N(C)C)cc1NC(=O)N1CCC[C@@H]1Cc1ccccc1. The van der Waals surface area contributed by atoms with Gasteiger partial charge in [0.25, 0.3) is 0 Å². The molecule has 0 spiro atoms. The van der Waals surface area contributed by atoms with E-state index in [0.29, 0.717) is 12.2 Å². The number of nitrogens with zero attached hydrogens (tertiary/aromatic N) is 2. The number of aryl methyl sites for hydroxylation is 1. The van der Waals surface area contributed by atoms with E-state index >= 15 is 0 Å². The number of carbonyl (C=O) groups is 1. The van der Waals surface area contributed by atoms with Gasteiger partial charge in [0.2, 0.25) is 10.0 Å². The van der Waals surface area contributed by atoms with Gasteiger partial charge in [-0.1, -0.05) is 36.4 Å². The number of anilines is 1. The van der Waals surface area contributed by atoms with Gasteiger partial charge in [-0.05, 0) is 49.4 Å². The quantitative estimate of drug-likeness (QED) is 0.834. The molecule has 0 aliphatic carbocycles. The minimum Gasteiger partial charge on any atom is -0.321 e. The highest BCUT2D eigenvalue weighted by molar-refractivity contribution is 7.89. The molecule has 1 aliphatic heterocycles. The van der Waals surface area contributed by atoms with Crippen LogP contribution in [0.2, 0.25) is 0 Å². The molecule has 1 aliphatic rings. The average Bonchev–Trinajstić information content (AvgIpc) is 3.12. The zero-order valence-corrected chi connectivity index (χ0v) is 17.4. The monoisotopic (exact) mass is 401 g/mol. The Morgan fingerprint density at radius 2 is 1.89 bits per heavy atom. The summed E-state index contributed by atoms with van der Waals surface area (Å²) in [7, 11) is -0.570. The van der Waals surface area contributed by atoms with Crippen LogP contribution < -0.4 is 5.32 Å². The van der Waals surface area contributed by atoms with Crippen molar-refractivity contribution in [2.24, 2.45) is 0 Å². The molecule has 0 saturated carbocycles. The lowest BCUT2D eigenvalue weighted by Crippen LogP contribution is -2.40. The second-order valence-electron chi connectivity index (χ2n) is 7.37. The van der Waals surface area contributed by atoms with Crippen molar-refractivity contribution in [3.05, 3.63) is 59.7 Å². The summed E-state index contributed by atoms with van der Waals surface area (Å²) in [6, 6.07) is 14.9. The zero-order valence-electron chi connectivity index (χ0n) is 16.6. The second-order valence-corrected chi connectivity index (χ2v) is 9.53. The molecule has 2 amide bonds. The van der Waals surface area contributed by atoms with Gasteiger partial charge in [0, 0.05) is 32.4 Å². The molecule has 28 heavy (non-hydrogen) atoms. The largest absolute Gasteiger partial charge is 0.322 e. The number of urea groups is 1. The number of hydrogen-bond donors (Lipinski definition) is 1. The van der Waals surface area contributed by atoms with Crippen LogP contribution in [0.15, 0.2) is 53.4 Å². The van der Waals surface area contributed by atoms with Crippen molar-refractivity contribution in [3.8, 4) is 0 Å². The number of likely N-dealkylation sites (tertiary alicyclic amines) is 1. The molecule has 0 aromatic heterocycles. The first-order chi connectivity index (χ1) is 13.3. The molecule has 7 heteroatoms. The topological polar surface area (TPSA) is 69.7 Å². The standard InChI is InChI=1S/C21H27N3O3S/c1-16-11-12-19(28(26,27)23(2)3)15-20(16)22-21(25)24-13-7-10-18(24)14-17-8-5-4-6-9-17/h4-6,8-9,11-12,15,18H,7,10,13-14H2,1-3H3,(H,22,25)/t18-/m1/s1. The third-order valence-corrected chi connectivity index (χ3v) is 6.99. The summed E-state index contributed by atoms with van der Waals surface area (Å²) in [4.78, 5) is 14.9. The summed E-state index contributed by atoms with van der Waals surface area (Å²) < 4.78 is 26.0. The van der Waals surface area contributed by atoms with Gasteiger partial charge in [0.1, 0.15) is 0 Å². The Bertz CT molecular complexity index is 943. The van der Waals surface area contributed by atoms with Crippen LogP contribution in [0, 0.1) is 6.92 Å². The fourth-order valence-corrected chi connectivity index (χ4v) is 4.42. The lowest BCUT2D eigenvalue weighted by Gasteiger charge is -2.26. The van der Waals surface area contributed by atoms with Gasteiger partial charge in [-0.2, -0.15) is 0 Å². The predicted molar refractivity (Wildman–Crippen MR) is 111 cm³/mol. The minimum atomic E-state index is -3.55. The van der Waals surface area contributed by atoms with Crippen molar-refractivity contribution >= 4 is 21.7 Å². The van der Waals surface area contributed by atoms with Crippen molar-refractivity contribution in [1.82, 2.24) is 9.21 Å². The summed E-state index contributed by atoms with van der Waals surface area (Å²) in [5.41, 5.74) is 2.56. The van der Waals surface area contributed by atoms with Gasteiger partial charge >= 0.3 is 6.03 Å². The van der Waals surface area contributed by atoms with E-state index in [1.54, 1.807) is 12.1 Å². The molecule has 150 valence electrons. The molecule has 1 fully saturated rings. The highest BCUT2D eigenvalue weighted by Crippen LogP contribution is 2.25. The summed E-state index contributed by atoms with van der Waals surface area (Å²) >= 11 is 0. The van der Waals surface area contributed by atoms with Crippen molar-refractivity contribution in [2.75, 3.05) is 26.0 Å². The van der Waals surface area contributed by atoms with Crippen molar-refractivity contribution in [2.45, 2.75) is 37.1 Å². The van der Waals surface area contributed by atoms with Crippen molar-refractivity contribution in [1.29, 1.82) is 0 Å². The van der Waals surface area contributed by atoms with Crippen LogP contribution >= 0.6 is 0 Å². The molecule has 0 unspecified atom stereocenters. The van der Waals surface area contributed by atoms with E-state index < -0.39 is 10.0 Å². The number of nitrogens with one attached hydrogen (secondary N) is 1. The van der Waals surface area contributed by atoms with Gasteiger partial charge in [0.15, 0.2) is 0 Å². The molecular formula is C21H27N3O3S.